The lowest BCUT2D eigenvalue weighted by molar-refractivity contribution is -0.385. The Morgan fingerprint density at radius 1 is 1.19 bits per heavy atom. The van der Waals surface area contributed by atoms with Crippen LogP contribution in [0, 0.1) is 10.1 Å². The minimum absolute atomic E-state index is 0.0258. The number of nitrogen functional groups attached to an aromatic ring is 1. The summed E-state index contributed by atoms with van der Waals surface area (Å²) in [4.78, 5) is 21.5. The van der Waals surface area contributed by atoms with Crippen LogP contribution in [0.25, 0.3) is 0 Å². The van der Waals surface area contributed by atoms with E-state index in [9.17, 15) is 14.9 Å². The monoisotopic (exact) mass is 351 g/mol. The second kappa shape index (κ2) is 5.80. The first-order valence-electron chi connectivity index (χ1n) is 5.69. The van der Waals surface area contributed by atoms with Gasteiger partial charge in [-0.05, 0) is 30.3 Å². The molecule has 2 aromatic carbocycles. The highest BCUT2D eigenvalue weighted by Crippen LogP contribution is 2.35. The van der Waals surface area contributed by atoms with Crippen LogP contribution in [0.4, 0.5) is 11.4 Å². The largest absolute Gasteiger partial charge is 0.448 e. The number of nitro groups is 1. The molecule has 0 atom stereocenters. The summed E-state index contributed by atoms with van der Waals surface area (Å²) in [5.41, 5.74) is 10.8. The van der Waals surface area contributed by atoms with Crippen molar-refractivity contribution < 1.29 is 14.5 Å². The Hall–Kier alpha value is -2.61. The minimum Gasteiger partial charge on any atom is -0.448 e. The van der Waals surface area contributed by atoms with Gasteiger partial charge in [0.15, 0.2) is 5.75 Å². The Bertz CT molecular complexity index is 733. The van der Waals surface area contributed by atoms with Crippen molar-refractivity contribution in [3.8, 4) is 11.5 Å². The second-order valence-corrected chi connectivity index (χ2v) is 5.00. The Morgan fingerprint density at radius 3 is 2.43 bits per heavy atom. The number of halogens is 1. The number of nitrogens with zero attached hydrogens (tertiary/aromatic N) is 1. The molecule has 0 aliphatic carbocycles. The molecule has 0 saturated carbocycles. The normalized spacial score (nSPS) is 10.1. The van der Waals surface area contributed by atoms with Gasteiger partial charge in [0.05, 0.1) is 10.6 Å². The Morgan fingerprint density at radius 2 is 1.86 bits per heavy atom. The van der Waals surface area contributed by atoms with Crippen LogP contribution < -0.4 is 16.2 Å². The van der Waals surface area contributed by atoms with Crippen LogP contribution in [-0.4, -0.2) is 10.8 Å². The van der Waals surface area contributed by atoms with Crippen molar-refractivity contribution in [3.63, 3.8) is 0 Å². The van der Waals surface area contributed by atoms with Gasteiger partial charge >= 0.3 is 5.69 Å². The summed E-state index contributed by atoms with van der Waals surface area (Å²) in [6.07, 6.45) is 0. The third-order valence-electron chi connectivity index (χ3n) is 2.63. The maximum absolute atomic E-state index is 11.1. The number of benzene rings is 2. The maximum Gasteiger partial charge on any atom is 0.312 e. The topological polar surface area (TPSA) is 121 Å². The van der Waals surface area contributed by atoms with Gasteiger partial charge < -0.3 is 16.2 Å². The van der Waals surface area contributed by atoms with Gasteiger partial charge in [0, 0.05) is 16.1 Å². The van der Waals surface area contributed by atoms with Gasteiger partial charge in [-0.2, -0.15) is 0 Å². The molecule has 0 aliphatic heterocycles. The predicted molar refractivity (Wildman–Crippen MR) is 80.2 cm³/mol. The molecule has 0 heterocycles. The minimum atomic E-state index is -0.757. The fourth-order valence-electron chi connectivity index (χ4n) is 1.63. The number of hydrogen-bond donors (Lipinski definition) is 2. The quantitative estimate of drug-likeness (QED) is 0.498. The molecule has 108 valence electrons. The van der Waals surface area contributed by atoms with Crippen LogP contribution in [-0.2, 0) is 0 Å². The SMILES string of the molecule is NC(=O)c1ccc(Oc2ccc(Br)cc2N)c([N+](=O)[O-])c1. The lowest BCUT2D eigenvalue weighted by atomic mass is 10.2. The highest BCUT2D eigenvalue weighted by atomic mass is 79.9. The summed E-state index contributed by atoms with van der Waals surface area (Å²) in [5.74, 6) is -0.514. The Labute approximate surface area is 127 Å². The van der Waals surface area contributed by atoms with Crippen molar-refractivity contribution in [2.75, 3.05) is 5.73 Å². The lowest BCUT2D eigenvalue weighted by Crippen LogP contribution is -2.11. The van der Waals surface area contributed by atoms with Crippen LogP contribution in [0.3, 0.4) is 0 Å². The fraction of sp³-hybridized carbons (Fsp3) is 0. The molecule has 0 fully saturated rings. The standard InChI is InChI=1S/C13H10BrN3O4/c14-8-2-4-11(9(15)6-8)21-12-3-1-7(13(16)18)5-10(12)17(19)20/h1-6H,15H2,(H2,16,18). The third-order valence-corrected chi connectivity index (χ3v) is 3.13. The molecular weight excluding hydrogens is 342 g/mol. The number of nitro benzene ring substituents is 1. The summed E-state index contributed by atoms with van der Waals surface area (Å²) in [5, 5.41) is 11.1. The van der Waals surface area contributed by atoms with Crippen LogP contribution in [0.5, 0.6) is 11.5 Å². The van der Waals surface area contributed by atoms with Crippen molar-refractivity contribution in [1.82, 2.24) is 0 Å². The number of anilines is 1. The van der Waals surface area contributed by atoms with Crippen LogP contribution in [0.15, 0.2) is 40.9 Å². The summed E-state index contributed by atoms with van der Waals surface area (Å²) in [6, 6.07) is 8.59. The molecule has 8 heteroatoms. The molecule has 0 bridgehead atoms. The maximum atomic E-state index is 11.1. The molecular formula is C13H10BrN3O4. The molecule has 1 amide bonds. The fourth-order valence-corrected chi connectivity index (χ4v) is 2.01. The van der Waals surface area contributed by atoms with Crippen molar-refractivity contribution in [3.05, 3.63) is 56.5 Å². The zero-order chi connectivity index (χ0) is 15.6. The van der Waals surface area contributed by atoms with Crippen molar-refractivity contribution in [2.45, 2.75) is 0 Å². The van der Waals surface area contributed by atoms with Crippen molar-refractivity contribution in [1.29, 1.82) is 0 Å². The van der Waals surface area contributed by atoms with E-state index in [1.165, 1.54) is 12.1 Å². The van der Waals surface area contributed by atoms with E-state index in [0.29, 0.717) is 5.69 Å². The molecule has 0 radical (unpaired) electrons. The number of nitrogens with two attached hydrogens (primary N) is 2. The molecule has 4 N–H and O–H groups in total. The van der Waals surface area contributed by atoms with Gasteiger partial charge in [0.2, 0.25) is 11.7 Å². The van der Waals surface area contributed by atoms with E-state index in [4.69, 9.17) is 16.2 Å². The number of primary amides is 1. The number of hydrogen-bond acceptors (Lipinski definition) is 5. The second-order valence-electron chi connectivity index (χ2n) is 4.09. The zero-order valence-corrected chi connectivity index (χ0v) is 12.2. The summed E-state index contributed by atoms with van der Waals surface area (Å²) in [6.45, 7) is 0. The van der Waals surface area contributed by atoms with Crippen molar-refractivity contribution >= 4 is 33.2 Å². The van der Waals surface area contributed by atoms with Crippen LogP contribution >= 0.6 is 15.9 Å². The number of carbonyl (C=O) groups is 1. The van der Waals surface area contributed by atoms with Crippen LogP contribution in [0.2, 0.25) is 0 Å². The predicted octanol–water partition coefficient (Wildman–Crippen LogP) is 2.83. The smallest absolute Gasteiger partial charge is 0.312 e. The van der Waals surface area contributed by atoms with E-state index >= 15 is 0 Å². The van der Waals surface area contributed by atoms with Crippen molar-refractivity contribution in [2.24, 2.45) is 5.73 Å². The molecule has 21 heavy (non-hydrogen) atoms. The highest BCUT2D eigenvalue weighted by molar-refractivity contribution is 9.10. The first-order chi connectivity index (χ1) is 9.88. The van der Waals surface area contributed by atoms with Crippen LogP contribution in [0.1, 0.15) is 10.4 Å². The number of ether oxygens (including phenoxy) is 1. The average molecular weight is 352 g/mol. The van der Waals surface area contributed by atoms with E-state index < -0.39 is 10.8 Å². The molecule has 2 rings (SSSR count). The van der Waals surface area contributed by atoms with E-state index in [0.717, 1.165) is 10.5 Å². The first kappa shape index (κ1) is 14.8. The third kappa shape index (κ3) is 3.29. The summed E-state index contributed by atoms with van der Waals surface area (Å²) in [7, 11) is 0. The van der Waals surface area contributed by atoms with Gasteiger partial charge in [-0.25, -0.2) is 0 Å². The zero-order valence-electron chi connectivity index (χ0n) is 10.6. The number of carbonyl (C=O) groups excluding carboxylic acids is 1. The van der Waals surface area contributed by atoms with Gasteiger partial charge in [-0.1, -0.05) is 15.9 Å². The molecule has 0 aromatic heterocycles. The van der Waals surface area contributed by atoms with Gasteiger partial charge in [-0.15, -0.1) is 0 Å². The van der Waals surface area contributed by atoms with E-state index in [2.05, 4.69) is 15.9 Å². The summed E-state index contributed by atoms with van der Waals surface area (Å²) >= 11 is 3.25. The van der Waals surface area contributed by atoms with Gasteiger partial charge in [0.25, 0.3) is 0 Å². The average Bonchev–Trinajstić information content (AvgIpc) is 2.41. The number of rotatable bonds is 4. The molecule has 0 aliphatic rings. The Balaban J connectivity index is 2.44. The molecule has 0 saturated heterocycles. The molecule has 2 aromatic rings. The van der Waals surface area contributed by atoms with E-state index in [1.54, 1.807) is 18.2 Å². The van der Waals surface area contributed by atoms with Gasteiger partial charge in [-0.3, -0.25) is 14.9 Å². The lowest BCUT2D eigenvalue weighted by Gasteiger charge is -2.09. The number of amides is 1. The highest BCUT2D eigenvalue weighted by Gasteiger charge is 2.19. The molecule has 0 spiro atoms. The molecule has 7 nitrogen and oxygen atoms in total. The summed E-state index contributed by atoms with van der Waals surface area (Å²) < 4.78 is 6.21. The van der Waals surface area contributed by atoms with E-state index in [-0.39, 0.29) is 22.7 Å². The Kier molecular flexibility index (Phi) is 4.08. The first-order valence-corrected chi connectivity index (χ1v) is 6.49. The van der Waals surface area contributed by atoms with E-state index in [1.807, 2.05) is 0 Å². The van der Waals surface area contributed by atoms with Gasteiger partial charge in [0.1, 0.15) is 0 Å². The molecule has 0 unspecified atom stereocenters.